The lowest BCUT2D eigenvalue weighted by atomic mass is 10.3. The van der Waals surface area contributed by atoms with Crippen LogP contribution in [0.1, 0.15) is 0 Å². The van der Waals surface area contributed by atoms with Gasteiger partial charge in [0.1, 0.15) is 0 Å². The predicted molar refractivity (Wildman–Crippen MR) is 53.6 cm³/mol. The van der Waals surface area contributed by atoms with Gasteiger partial charge >= 0.3 is 6.18 Å². The standard InChI is InChI=1S/C8H5Cl2F3N2/c9-3-1-5-6(2-4(3)10)15-7(14-5)8(11,12)13/h1-2,7,14-15H. The smallest absolute Gasteiger partial charge is 0.356 e. The number of benzene rings is 1. The molecule has 1 aliphatic rings. The van der Waals surface area contributed by atoms with E-state index in [1.807, 2.05) is 0 Å². The van der Waals surface area contributed by atoms with Gasteiger partial charge in [0.05, 0.1) is 21.4 Å². The molecule has 0 saturated carbocycles. The van der Waals surface area contributed by atoms with Crippen LogP contribution in [0.4, 0.5) is 24.5 Å². The summed E-state index contributed by atoms with van der Waals surface area (Å²) in [6, 6.07) is 2.72. The summed E-state index contributed by atoms with van der Waals surface area (Å²) in [7, 11) is 0. The van der Waals surface area contributed by atoms with E-state index in [9.17, 15) is 13.2 Å². The van der Waals surface area contributed by atoms with Crippen LogP contribution in [0.3, 0.4) is 0 Å². The predicted octanol–water partition coefficient (Wildman–Crippen LogP) is 3.72. The average molecular weight is 257 g/mol. The second kappa shape index (κ2) is 3.35. The first-order chi connectivity index (χ1) is 6.88. The molecular weight excluding hydrogens is 252 g/mol. The Labute approximate surface area is 93.4 Å². The molecule has 0 bridgehead atoms. The fourth-order valence-electron chi connectivity index (χ4n) is 1.30. The third kappa shape index (κ3) is 1.94. The Balaban J connectivity index is 2.32. The maximum absolute atomic E-state index is 12.3. The van der Waals surface area contributed by atoms with Crippen molar-refractivity contribution in [3.63, 3.8) is 0 Å². The molecule has 1 aromatic rings. The number of fused-ring (bicyclic) bond motifs is 1. The minimum atomic E-state index is -4.36. The van der Waals surface area contributed by atoms with E-state index in [1.165, 1.54) is 12.1 Å². The maximum atomic E-state index is 12.3. The third-order valence-corrected chi connectivity index (χ3v) is 2.71. The van der Waals surface area contributed by atoms with Crippen LogP contribution in [0.15, 0.2) is 12.1 Å². The van der Waals surface area contributed by atoms with Crippen LogP contribution >= 0.6 is 23.2 Å². The lowest BCUT2D eigenvalue weighted by Gasteiger charge is -2.15. The van der Waals surface area contributed by atoms with Crippen molar-refractivity contribution in [3.8, 4) is 0 Å². The van der Waals surface area contributed by atoms with Gasteiger partial charge in [0.2, 0.25) is 0 Å². The molecule has 0 amide bonds. The molecule has 82 valence electrons. The second-order valence-electron chi connectivity index (χ2n) is 3.08. The molecule has 7 heteroatoms. The number of hydrogen-bond donors (Lipinski definition) is 2. The van der Waals surface area contributed by atoms with Crippen LogP contribution in [0.2, 0.25) is 10.0 Å². The Kier molecular flexibility index (Phi) is 2.39. The van der Waals surface area contributed by atoms with Crippen LogP contribution < -0.4 is 10.6 Å². The summed E-state index contributed by atoms with van der Waals surface area (Å²) in [6.45, 7) is 0. The number of alkyl halides is 3. The van der Waals surface area contributed by atoms with Gasteiger partial charge in [-0.05, 0) is 12.1 Å². The molecule has 15 heavy (non-hydrogen) atoms. The highest BCUT2D eigenvalue weighted by Gasteiger charge is 2.43. The first-order valence-electron chi connectivity index (χ1n) is 3.97. The van der Waals surface area contributed by atoms with Gasteiger partial charge in [0.25, 0.3) is 0 Å². The van der Waals surface area contributed by atoms with E-state index in [0.29, 0.717) is 11.4 Å². The topological polar surface area (TPSA) is 24.1 Å². The molecule has 0 aromatic heterocycles. The first kappa shape index (κ1) is 10.7. The van der Waals surface area contributed by atoms with Crippen LogP contribution in [0.5, 0.6) is 0 Å². The van der Waals surface area contributed by atoms with Crippen molar-refractivity contribution in [3.05, 3.63) is 22.2 Å². The highest BCUT2D eigenvalue weighted by Crippen LogP contribution is 2.39. The molecule has 1 aromatic carbocycles. The van der Waals surface area contributed by atoms with Gasteiger partial charge in [-0.2, -0.15) is 13.2 Å². The average Bonchev–Trinajstić information content (AvgIpc) is 2.47. The van der Waals surface area contributed by atoms with Gasteiger partial charge in [-0.1, -0.05) is 23.2 Å². The molecule has 2 nitrogen and oxygen atoms in total. The highest BCUT2D eigenvalue weighted by molar-refractivity contribution is 6.42. The number of anilines is 2. The van der Waals surface area contributed by atoms with Crippen LogP contribution in [-0.4, -0.2) is 12.3 Å². The minimum absolute atomic E-state index is 0.215. The zero-order chi connectivity index (χ0) is 11.2. The molecular formula is C8H5Cl2F3N2. The summed E-state index contributed by atoms with van der Waals surface area (Å²) in [5.41, 5.74) is 0.596. The van der Waals surface area contributed by atoms with E-state index in [4.69, 9.17) is 23.2 Å². The second-order valence-corrected chi connectivity index (χ2v) is 3.89. The summed E-state index contributed by atoms with van der Waals surface area (Å²) in [6.07, 6.45) is -6.15. The van der Waals surface area contributed by atoms with Gasteiger partial charge in [-0.25, -0.2) is 0 Å². The summed E-state index contributed by atoms with van der Waals surface area (Å²) in [5.74, 6) is 0. The SMILES string of the molecule is FC(F)(F)C1Nc2cc(Cl)c(Cl)cc2N1. The van der Waals surface area contributed by atoms with E-state index in [0.717, 1.165) is 0 Å². The summed E-state index contributed by atoms with van der Waals surface area (Å²) in [5, 5.41) is 4.96. The van der Waals surface area contributed by atoms with Gasteiger partial charge in [0.15, 0.2) is 6.17 Å². The van der Waals surface area contributed by atoms with E-state index < -0.39 is 12.3 Å². The molecule has 0 aliphatic carbocycles. The molecule has 0 atom stereocenters. The number of nitrogens with one attached hydrogen (secondary N) is 2. The van der Waals surface area contributed by atoms with Crippen molar-refractivity contribution in [1.82, 2.24) is 0 Å². The monoisotopic (exact) mass is 256 g/mol. The molecule has 1 heterocycles. The Hall–Kier alpha value is -0.810. The van der Waals surface area contributed by atoms with Crippen molar-refractivity contribution in [2.24, 2.45) is 0 Å². The number of rotatable bonds is 0. The van der Waals surface area contributed by atoms with Crippen molar-refractivity contribution < 1.29 is 13.2 Å². The van der Waals surface area contributed by atoms with E-state index in [-0.39, 0.29) is 10.0 Å². The quantitative estimate of drug-likeness (QED) is 0.740. The van der Waals surface area contributed by atoms with E-state index in [1.54, 1.807) is 0 Å². The van der Waals surface area contributed by atoms with Gasteiger partial charge in [-0.15, -0.1) is 0 Å². The van der Waals surface area contributed by atoms with Gasteiger partial charge < -0.3 is 10.6 Å². The zero-order valence-electron chi connectivity index (χ0n) is 7.12. The Morgan fingerprint density at radius 2 is 1.40 bits per heavy atom. The fraction of sp³-hybridized carbons (Fsp3) is 0.250. The summed E-state index contributed by atoms with van der Waals surface area (Å²) >= 11 is 11.3. The van der Waals surface area contributed by atoms with Gasteiger partial charge in [0, 0.05) is 0 Å². The third-order valence-electron chi connectivity index (χ3n) is 1.99. The molecule has 0 spiro atoms. The largest absolute Gasteiger partial charge is 0.427 e. The van der Waals surface area contributed by atoms with Crippen LogP contribution in [-0.2, 0) is 0 Å². The van der Waals surface area contributed by atoms with Crippen LogP contribution in [0.25, 0.3) is 0 Å². The molecule has 0 radical (unpaired) electrons. The van der Waals surface area contributed by atoms with E-state index >= 15 is 0 Å². The fourth-order valence-corrected chi connectivity index (χ4v) is 1.62. The zero-order valence-corrected chi connectivity index (χ0v) is 8.63. The Morgan fingerprint density at radius 3 is 1.73 bits per heavy atom. The summed E-state index contributed by atoms with van der Waals surface area (Å²) in [4.78, 5) is 0. The van der Waals surface area contributed by atoms with Crippen molar-refractivity contribution in [2.75, 3.05) is 10.6 Å². The number of hydrogen-bond acceptors (Lipinski definition) is 2. The molecule has 2 N–H and O–H groups in total. The summed E-state index contributed by atoms with van der Waals surface area (Å²) < 4.78 is 37.0. The lowest BCUT2D eigenvalue weighted by molar-refractivity contribution is -0.135. The van der Waals surface area contributed by atoms with Crippen LogP contribution in [0, 0.1) is 0 Å². The van der Waals surface area contributed by atoms with Crippen molar-refractivity contribution >= 4 is 34.6 Å². The van der Waals surface area contributed by atoms with E-state index in [2.05, 4.69) is 10.6 Å². The molecule has 1 aliphatic heterocycles. The van der Waals surface area contributed by atoms with Crippen molar-refractivity contribution in [2.45, 2.75) is 12.3 Å². The molecule has 2 rings (SSSR count). The lowest BCUT2D eigenvalue weighted by Crippen LogP contribution is -2.38. The molecule has 0 unspecified atom stereocenters. The Morgan fingerprint density at radius 1 is 1.00 bits per heavy atom. The maximum Gasteiger partial charge on any atom is 0.427 e. The number of halogens is 5. The van der Waals surface area contributed by atoms with Gasteiger partial charge in [-0.3, -0.25) is 0 Å². The minimum Gasteiger partial charge on any atom is -0.356 e. The molecule has 0 fully saturated rings. The molecule has 0 saturated heterocycles. The Bertz CT molecular complexity index is 375. The van der Waals surface area contributed by atoms with Crippen molar-refractivity contribution in [1.29, 1.82) is 0 Å². The highest BCUT2D eigenvalue weighted by atomic mass is 35.5. The normalized spacial score (nSPS) is 15.8. The first-order valence-corrected chi connectivity index (χ1v) is 4.72.